The van der Waals surface area contributed by atoms with Gasteiger partial charge in [-0.2, -0.15) is 0 Å². The Morgan fingerprint density at radius 3 is 2.95 bits per heavy atom. The highest BCUT2D eigenvalue weighted by molar-refractivity contribution is 9.10. The van der Waals surface area contributed by atoms with E-state index in [4.69, 9.17) is 4.74 Å². The number of methoxy groups -OCH3 is 1. The number of hydrogen-bond donors (Lipinski definition) is 0. The highest BCUT2D eigenvalue weighted by atomic mass is 79.9. The van der Waals surface area contributed by atoms with Crippen molar-refractivity contribution in [1.82, 2.24) is 4.98 Å². The molecular formula is C14H12BrNO2S. The summed E-state index contributed by atoms with van der Waals surface area (Å²) in [6.07, 6.45) is 2.46. The smallest absolute Gasteiger partial charge is 0.174 e. The molecule has 19 heavy (non-hydrogen) atoms. The summed E-state index contributed by atoms with van der Waals surface area (Å²) in [6.45, 7) is 0. The summed E-state index contributed by atoms with van der Waals surface area (Å²) >= 11 is 5.01. The average molecular weight is 338 g/mol. The lowest BCUT2D eigenvalue weighted by Gasteiger charge is -2.06. The second-order valence-corrected chi connectivity index (χ2v) is 6.27. The van der Waals surface area contributed by atoms with E-state index >= 15 is 0 Å². The molecule has 0 saturated heterocycles. The molecule has 98 valence electrons. The minimum absolute atomic E-state index is 0.226. The Bertz CT molecular complexity index is 651. The SMILES string of the molecule is COc1ccc(Br)c(-c2nc3c(s2)C(=O)CCC3)c1. The number of aryl methyl sites for hydroxylation is 1. The van der Waals surface area contributed by atoms with Crippen LogP contribution in [0.15, 0.2) is 22.7 Å². The van der Waals surface area contributed by atoms with Gasteiger partial charge in [-0.3, -0.25) is 4.79 Å². The molecule has 0 amide bonds. The molecule has 0 fully saturated rings. The van der Waals surface area contributed by atoms with E-state index < -0.39 is 0 Å². The molecule has 3 nitrogen and oxygen atoms in total. The molecule has 1 aromatic carbocycles. The first-order valence-corrected chi connectivity index (χ1v) is 7.67. The highest BCUT2D eigenvalue weighted by Gasteiger charge is 2.23. The van der Waals surface area contributed by atoms with Crippen LogP contribution in [0.5, 0.6) is 5.75 Å². The molecule has 0 aliphatic heterocycles. The lowest BCUT2D eigenvalue weighted by atomic mass is 10.0. The molecule has 3 rings (SSSR count). The van der Waals surface area contributed by atoms with E-state index in [0.717, 1.165) is 44.2 Å². The zero-order valence-corrected chi connectivity index (χ0v) is 12.8. The van der Waals surface area contributed by atoms with Gasteiger partial charge in [-0.1, -0.05) is 15.9 Å². The number of thiazole rings is 1. The number of rotatable bonds is 2. The van der Waals surface area contributed by atoms with E-state index in [1.807, 2.05) is 18.2 Å². The van der Waals surface area contributed by atoms with Gasteiger partial charge in [0.25, 0.3) is 0 Å². The lowest BCUT2D eigenvalue weighted by Crippen LogP contribution is -2.07. The van der Waals surface area contributed by atoms with E-state index in [0.29, 0.717) is 6.42 Å². The van der Waals surface area contributed by atoms with Crippen molar-refractivity contribution in [1.29, 1.82) is 0 Å². The summed E-state index contributed by atoms with van der Waals surface area (Å²) in [4.78, 5) is 17.3. The Morgan fingerprint density at radius 2 is 2.21 bits per heavy atom. The van der Waals surface area contributed by atoms with Crippen molar-refractivity contribution in [3.8, 4) is 16.3 Å². The van der Waals surface area contributed by atoms with Crippen LogP contribution in [0.2, 0.25) is 0 Å². The number of benzene rings is 1. The number of fused-ring (bicyclic) bond motifs is 1. The quantitative estimate of drug-likeness (QED) is 0.828. The first-order valence-electron chi connectivity index (χ1n) is 6.06. The van der Waals surface area contributed by atoms with Crippen LogP contribution in [0.3, 0.4) is 0 Å². The number of hydrogen-bond acceptors (Lipinski definition) is 4. The first-order chi connectivity index (χ1) is 9.19. The summed E-state index contributed by atoms with van der Waals surface area (Å²) in [7, 11) is 1.64. The third-order valence-electron chi connectivity index (χ3n) is 3.17. The lowest BCUT2D eigenvalue weighted by molar-refractivity contribution is 0.0976. The van der Waals surface area contributed by atoms with Gasteiger partial charge in [-0.05, 0) is 31.0 Å². The molecule has 1 heterocycles. The Morgan fingerprint density at radius 1 is 1.37 bits per heavy atom. The van der Waals surface area contributed by atoms with Crippen molar-refractivity contribution in [3.63, 3.8) is 0 Å². The van der Waals surface area contributed by atoms with E-state index in [2.05, 4.69) is 20.9 Å². The van der Waals surface area contributed by atoms with Gasteiger partial charge in [0.2, 0.25) is 0 Å². The number of ketones is 1. The number of carbonyl (C=O) groups excluding carboxylic acids is 1. The molecular weight excluding hydrogens is 326 g/mol. The van der Waals surface area contributed by atoms with Crippen molar-refractivity contribution in [3.05, 3.63) is 33.2 Å². The van der Waals surface area contributed by atoms with Crippen LogP contribution in [0, 0.1) is 0 Å². The maximum absolute atomic E-state index is 11.9. The summed E-state index contributed by atoms with van der Waals surface area (Å²) in [6, 6.07) is 5.78. The van der Waals surface area contributed by atoms with Gasteiger partial charge in [0.05, 0.1) is 17.7 Å². The summed E-state index contributed by atoms with van der Waals surface area (Å²) in [5.74, 6) is 1.02. The fourth-order valence-electron chi connectivity index (χ4n) is 2.18. The molecule has 0 radical (unpaired) electrons. The summed E-state index contributed by atoms with van der Waals surface area (Å²) in [5.41, 5.74) is 1.93. The van der Waals surface area contributed by atoms with Gasteiger partial charge in [0.15, 0.2) is 5.78 Å². The second kappa shape index (κ2) is 5.06. The maximum atomic E-state index is 11.9. The Balaban J connectivity index is 2.10. The van der Waals surface area contributed by atoms with Gasteiger partial charge in [0.1, 0.15) is 10.8 Å². The molecule has 1 aromatic heterocycles. The van der Waals surface area contributed by atoms with Crippen molar-refractivity contribution in [2.24, 2.45) is 0 Å². The average Bonchev–Trinajstić information content (AvgIpc) is 2.84. The van der Waals surface area contributed by atoms with E-state index in [1.54, 1.807) is 7.11 Å². The van der Waals surface area contributed by atoms with Gasteiger partial charge in [-0.25, -0.2) is 4.98 Å². The first kappa shape index (κ1) is 12.8. The normalized spacial score (nSPS) is 14.3. The Kier molecular flexibility index (Phi) is 3.41. The third kappa shape index (κ3) is 2.32. The van der Waals surface area contributed by atoms with E-state index in [-0.39, 0.29) is 5.78 Å². The molecule has 1 aliphatic carbocycles. The van der Waals surface area contributed by atoms with Crippen molar-refractivity contribution in [2.75, 3.05) is 7.11 Å². The minimum atomic E-state index is 0.226. The summed E-state index contributed by atoms with van der Waals surface area (Å²) in [5, 5.41) is 0.881. The fourth-order valence-corrected chi connectivity index (χ4v) is 3.85. The monoisotopic (exact) mass is 337 g/mol. The molecule has 0 unspecified atom stereocenters. The second-order valence-electron chi connectivity index (χ2n) is 4.42. The highest BCUT2D eigenvalue weighted by Crippen LogP contribution is 2.37. The molecule has 0 spiro atoms. The Hall–Kier alpha value is -1.20. The number of nitrogens with zero attached hydrogens (tertiary/aromatic N) is 1. The molecule has 0 bridgehead atoms. The molecule has 2 aromatic rings. The number of carbonyl (C=O) groups is 1. The number of aromatic nitrogens is 1. The van der Waals surface area contributed by atoms with Crippen LogP contribution in [0.25, 0.3) is 10.6 Å². The van der Waals surface area contributed by atoms with E-state index in [1.165, 1.54) is 11.3 Å². The van der Waals surface area contributed by atoms with Gasteiger partial charge in [0, 0.05) is 16.5 Å². The van der Waals surface area contributed by atoms with Crippen molar-refractivity contribution in [2.45, 2.75) is 19.3 Å². The zero-order chi connectivity index (χ0) is 13.4. The van der Waals surface area contributed by atoms with Crippen LogP contribution in [-0.2, 0) is 6.42 Å². The van der Waals surface area contributed by atoms with Gasteiger partial charge < -0.3 is 4.74 Å². The van der Waals surface area contributed by atoms with Crippen LogP contribution in [0.4, 0.5) is 0 Å². The van der Waals surface area contributed by atoms with Crippen LogP contribution < -0.4 is 4.74 Å². The molecule has 0 saturated carbocycles. The molecule has 0 N–H and O–H groups in total. The standard InChI is InChI=1S/C14H12BrNO2S/c1-18-8-5-6-10(15)9(7-8)14-16-11-3-2-4-12(17)13(11)19-14/h5-7H,2-4H2,1H3. The van der Waals surface area contributed by atoms with E-state index in [9.17, 15) is 4.79 Å². The molecule has 1 aliphatic rings. The predicted octanol–water partition coefficient (Wildman–Crippen LogP) is 4.10. The fraction of sp³-hybridized carbons (Fsp3) is 0.286. The maximum Gasteiger partial charge on any atom is 0.174 e. The van der Waals surface area contributed by atoms with Gasteiger partial charge >= 0.3 is 0 Å². The number of Topliss-reactive ketones (excluding diaryl/α,β-unsaturated/α-hetero) is 1. The Labute approximate surface area is 123 Å². The van der Waals surface area contributed by atoms with Crippen molar-refractivity contribution >= 4 is 33.0 Å². The van der Waals surface area contributed by atoms with Crippen LogP contribution in [0.1, 0.15) is 28.2 Å². The predicted molar refractivity (Wildman–Crippen MR) is 79.1 cm³/mol. The van der Waals surface area contributed by atoms with Gasteiger partial charge in [-0.15, -0.1) is 11.3 Å². The van der Waals surface area contributed by atoms with Crippen molar-refractivity contribution < 1.29 is 9.53 Å². The summed E-state index contributed by atoms with van der Waals surface area (Å²) < 4.78 is 6.21. The zero-order valence-electron chi connectivity index (χ0n) is 10.4. The topological polar surface area (TPSA) is 39.2 Å². The minimum Gasteiger partial charge on any atom is -0.497 e. The molecule has 0 atom stereocenters. The van der Waals surface area contributed by atoms with Crippen LogP contribution >= 0.6 is 27.3 Å². The van der Waals surface area contributed by atoms with Crippen LogP contribution in [-0.4, -0.2) is 17.9 Å². The number of ether oxygens (including phenoxy) is 1. The molecule has 5 heteroatoms. The third-order valence-corrected chi connectivity index (χ3v) is 5.04. The largest absolute Gasteiger partial charge is 0.497 e. The number of halogens is 1.